The van der Waals surface area contributed by atoms with Gasteiger partial charge < -0.3 is 10.1 Å². The van der Waals surface area contributed by atoms with E-state index < -0.39 is 0 Å². The van der Waals surface area contributed by atoms with Crippen LogP contribution in [0.1, 0.15) is 31.7 Å². The SMILES string of the molecule is CSc1ccccc1NC(=O)CCOc1ccc(C(C)C)cc1. The topological polar surface area (TPSA) is 38.3 Å². The van der Waals surface area contributed by atoms with E-state index in [4.69, 9.17) is 4.74 Å². The minimum atomic E-state index is -0.0368. The highest BCUT2D eigenvalue weighted by atomic mass is 32.2. The fraction of sp³-hybridized carbons (Fsp3) is 0.316. The molecule has 4 heteroatoms. The zero-order chi connectivity index (χ0) is 16.7. The van der Waals surface area contributed by atoms with Crippen LogP contribution in [0.25, 0.3) is 0 Å². The third-order valence-corrected chi connectivity index (χ3v) is 4.32. The normalized spacial score (nSPS) is 10.6. The molecule has 2 aromatic carbocycles. The first-order valence-electron chi connectivity index (χ1n) is 7.75. The Morgan fingerprint density at radius 3 is 2.48 bits per heavy atom. The molecule has 0 aromatic heterocycles. The van der Waals surface area contributed by atoms with E-state index in [-0.39, 0.29) is 5.91 Å². The van der Waals surface area contributed by atoms with Gasteiger partial charge in [-0.15, -0.1) is 11.8 Å². The summed E-state index contributed by atoms with van der Waals surface area (Å²) in [6.07, 6.45) is 2.32. The number of rotatable bonds is 7. The number of amides is 1. The van der Waals surface area contributed by atoms with Crippen LogP contribution in [0.15, 0.2) is 53.4 Å². The molecule has 0 aliphatic rings. The minimum Gasteiger partial charge on any atom is -0.493 e. The van der Waals surface area contributed by atoms with Crippen molar-refractivity contribution < 1.29 is 9.53 Å². The van der Waals surface area contributed by atoms with Crippen LogP contribution in [-0.4, -0.2) is 18.8 Å². The van der Waals surface area contributed by atoms with Crippen molar-refractivity contribution >= 4 is 23.4 Å². The van der Waals surface area contributed by atoms with Crippen LogP contribution in [0.3, 0.4) is 0 Å². The summed E-state index contributed by atoms with van der Waals surface area (Å²) in [5.41, 5.74) is 2.13. The lowest BCUT2D eigenvalue weighted by atomic mass is 10.0. The molecule has 0 aliphatic carbocycles. The largest absolute Gasteiger partial charge is 0.493 e. The van der Waals surface area contributed by atoms with Crippen molar-refractivity contribution in [1.82, 2.24) is 0 Å². The molecule has 1 N–H and O–H groups in total. The predicted molar refractivity (Wildman–Crippen MR) is 97.5 cm³/mol. The van der Waals surface area contributed by atoms with Gasteiger partial charge in [-0.25, -0.2) is 0 Å². The molecular formula is C19H23NO2S. The molecule has 1 amide bonds. The number of hydrogen-bond acceptors (Lipinski definition) is 3. The van der Waals surface area contributed by atoms with E-state index in [1.165, 1.54) is 5.56 Å². The second kappa shape index (κ2) is 8.63. The third kappa shape index (κ3) is 5.32. The van der Waals surface area contributed by atoms with Crippen LogP contribution in [0, 0.1) is 0 Å². The summed E-state index contributed by atoms with van der Waals surface area (Å²) in [5, 5.41) is 2.93. The lowest BCUT2D eigenvalue weighted by Crippen LogP contribution is -2.15. The van der Waals surface area contributed by atoms with Gasteiger partial charge in [0, 0.05) is 4.90 Å². The van der Waals surface area contributed by atoms with Gasteiger partial charge in [0.25, 0.3) is 0 Å². The van der Waals surface area contributed by atoms with E-state index in [0.29, 0.717) is 18.9 Å². The number of hydrogen-bond donors (Lipinski definition) is 1. The number of benzene rings is 2. The van der Waals surface area contributed by atoms with E-state index in [1.807, 2.05) is 42.7 Å². The van der Waals surface area contributed by atoms with Gasteiger partial charge in [0.15, 0.2) is 0 Å². The Bertz CT molecular complexity index is 638. The lowest BCUT2D eigenvalue weighted by Gasteiger charge is -2.10. The molecule has 122 valence electrons. The number of nitrogens with one attached hydrogen (secondary N) is 1. The highest BCUT2D eigenvalue weighted by Gasteiger charge is 2.06. The molecule has 0 unspecified atom stereocenters. The molecule has 0 atom stereocenters. The number of carbonyl (C=O) groups excluding carboxylic acids is 1. The quantitative estimate of drug-likeness (QED) is 0.731. The number of para-hydroxylation sites is 1. The van der Waals surface area contributed by atoms with E-state index in [9.17, 15) is 4.79 Å². The van der Waals surface area contributed by atoms with Crippen LogP contribution in [0.2, 0.25) is 0 Å². The van der Waals surface area contributed by atoms with Gasteiger partial charge >= 0.3 is 0 Å². The van der Waals surface area contributed by atoms with Crippen molar-refractivity contribution in [1.29, 1.82) is 0 Å². The molecule has 0 saturated carbocycles. The second-order valence-corrected chi connectivity index (χ2v) is 6.42. The van der Waals surface area contributed by atoms with E-state index in [0.717, 1.165) is 16.3 Å². The average Bonchev–Trinajstić information content (AvgIpc) is 2.56. The average molecular weight is 329 g/mol. The Hall–Kier alpha value is -1.94. The maximum atomic E-state index is 12.0. The Morgan fingerprint density at radius 2 is 1.83 bits per heavy atom. The van der Waals surface area contributed by atoms with Crippen molar-refractivity contribution in [2.45, 2.75) is 31.1 Å². The monoisotopic (exact) mass is 329 g/mol. The molecule has 0 radical (unpaired) electrons. The first-order chi connectivity index (χ1) is 11.1. The summed E-state index contributed by atoms with van der Waals surface area (Å²) >= 11 is 1.62. The van der Waals surface area contributed by atoms with E-state index in [2.05, 4.69) is 31.3 Å². The minimum absolute atomic E-state index is 0.0368. The summed E-state index contributed by atoms with van der Waals surface area (Å²) in [6.45, 7) is 4.69. The van der Waals surface area contributed by atoms with Crippen LogP contribution < -0.4 is 10.1 Å². The molecule has 0 spiro atoms. The van der Waals surface area contributed by atoms with Crippen LogP contribution in [0.5, 0.6) is 5.75 Å². The second-order valence-electron chi connectivity index (χ2n) is 5.57. The summed E-state index contributed by atoms with van der Waals surface area (Å²) in [4.78, 5) is 13.1. The molecule has 23 heavy (non-hydrogen) atoms. The van der Waals surface area contributed by atoms with Gasteiger partial charge in [-0.1, -0.05) is 38.1 Å². The standard InChI is InChI=1S/C19H23NO2S/c1-14(2)15-8-10-16(11-9-15)22-13-12-19(21)20-17-6-4-5-7-18(17)23-3/h4-11,14H,12-13H2,1-3H3,(H,20,21). The maximum Gasteiger partial charge on any atom is 0.227 e. The Balaban J connectivity index is 1.80. The Labute approximate surface area is 142 Å². The van der Waals surface area contributed by atoms with Gasteiger partial charge in [0.05, 0.1) is 18.7 Å². The summed E-state index contributed by atoms with van der Waals surface area (Å²) < 4.78 is 5.64. The lowest BCUT2D eigenvalue weighted by molar-refractivity contribution is -0.116. The van der Waals surface area contributed by atoms with Crippen LogP contribution in [-0.2, 0) is 4.79 Å². The summed E-state index contributed by atoms with van der Waals surface area (Å²) in [7, 11) is 0. The van der Waals surface area contributed by atoms with Gasteiger partial charge in [-0.2, -0.15) is 0 Å². The Morgan fingerprint density at radius 1 is 1.13 bits per heavy atom. The molecule has 2 aromatic rings. The Kier molecular flexibility index (Phi) is 6.53. The first-order valence-corrected chi connectivity index (χ1v) is 8.98. The third-order valence-electron chi connectivity index (χ3n) is 3.53. The van der Waals surface area contributed by atoms with E-state index >= 15 is 0 Å². The van der Waals surface area contributed by atoms with Crippen LogP contribution >= 0.6 is 11.8 Å². The molecule has 2 rings (SSSR count). The number of carbonyl (C=O) groups is 1. The van der Waals surface area contributed by atoms with Crippen molar-refractivity contribution in [3.63, 3.8) is 0 Å². The summed E-state index contributed by atoms with van der Waals surface area (Å²) in [5.74, 6) is 1.27. The predicted octanol–water partition coefficient (Wildman–Crippen LogP) is 4.94. The fourth-order valence-corrected chi connectivity index (χ4v) is 2.72. The highest BCUT2D eigenvalue weighted by molar-refractivity contribution is 7.98. The fourth-order valence-electron chi connectivity index (χ4n) is 2.17. The van der Waals surface area contributed by atoms with E-state index in [1.54, 1.807) is 11.8 Å². The molecule has 0 saturated heterocycles. The van der Waals surface area contributed by atoms with Crippen LogP contribution in [0.4, 0.5) is 5.69 Å². The van der Waals surface area contributed by atoms with Crippen molar-refractivity contribution in [2.75, 3.05) is 18.2 Å². The van der Waals surface area contributed by atoms with Crippen molar-refractivity contribution in [3.05, 3.63) is 54.1 Å². The number of thioether (sulfide) groups is 1. The molecule has 0 aliphatic heterocycles. The molecule has 0 bridgehead atoms. The van der Waals surface area contributed by atoms with Gasteiger partial charge in [-0.3, -0.25) is 4.79 Å². The highest BCUT2D eigenvalue weighted by Crippen LogP contribution is 2.24. The molecule has 3 nitrogen and oxygen atoms in total. The first kappa shape index (κ1) is 17.4. The van der Waals surface area contributed by atoms with Gasteiger partial charge in [0.1, 0.15) is 5.75 Å². The molecular weight excluding hydrogens is 306 g/mol. The zero-order valence-electron chi connectivity index (χ0n) is 13.8. The number of ether oxygens (including phenoxy) is 1. The van der Waals surface area contributed by atoms with Crippen molar-refractivity contribution in [2.24, 2.45) is 0 Å². The number of anilines is 1. The smallest absolute Gasteiger partial charge is 0.227 e. The molecule has 0 heterocycles. The van der Waals surface area contributed by atoms with Crippen molar-refractivity contribution in [3.8, 4) is 5.75 Å². The maximum absolute atomic E-state index is 12.0. The van der Waals surface area contributed by atoms with Gasteiger partial charge in [0.2, 0.25) is 5.91 Å². The zero-order valence-corrected chi connectivity index (χ0v) is 14.7. The van der Waals surface area contributed by atoms with Gasteiger partial charge in [-0.05, 0) is 42.0 Å². The molecule has 0 fully saturated rings. The summed E-state index contributed by atoms with van der Waals surface area (Å²) in [6, 6.07) is 15.8.